The third-order valence-electron chi connectivity index (χ3n) is 11.6. The zero-order valence-electron chi connectivity index (χ0n) is 20.7. The molecule has 4 rings (SSSR count). The summed E-state index contributed by atoms with van der Waals surface area (Å²) < 4.78 is 0. The number of rotatable bonds is 5. The van der Waals surface area contributed by atoms with Crippen LogP contribution in [0.2, 0.25) is 0 Å². The second-order valence-corrected chi connectivity index (χ2v) is 12.9. The van der Waals surface area contributed by atoms with Crippen molar-refractivity contribution in [3.8, 4) is 0 Å². The lowest BCUT2D eigenvalue weighted by Crippen LogP contribution is -2.57. The van der Waals surface area contributed by atoms with E-state index in [0.717, 1.165) is 24.7 Å². The lowest BCUT2D eigenvalue weighted by molar-refractivity contribution is -0.161. The number of hydrogen-bond donors (Lipinski definition) is 2. The van der Waals surface area contributed by atoms with E-state index in [1.54, 1.807) is 0 Å². The van der Waals surface area contributed by atoms with Crippen LogP contribution in [0.25, 0.3) is 0 Å². The van der Waals surface area contributed by atoms with Crippen LogP contribution in [0.5, 0.6) is 0 Å². The lowest BCUT2D eigenvalue weighted by Gasteiger charge is -2.62. The summed E-state index contributed by atoms with van der Waals surface area (Å²) >= 11 is 0. The monoisotopic (exact) mass is 418 g/mol. The maximum Gasteiger partial charge on any atom is 0.0599 e. The van der Waals surface area contributed by atoms with Crippen LogP contribution in [0, 0.1) is 58.2 Å². The highest BCUT2D eigenvalue weighted by Crippen LogP contribution is 2.68. The Balaban J connectivity index is 1.56. The average molecular weight is 419 g/mol. The summed E-state index contributed by atoms with van der Waals surface area (Å²) in [5, 5.41) is 22.5. The van der Waals surface area contributed by atoms with E-state index >= 15 is 0 Å². The van der Waals surface area contributed by atoms with Gasteiger partial charge in [-0.25, -0.2) is 0 Å². The molecule has 174 valence electrons. The second-order valence-electron chi connectivity index (χ2n) is 12.9. The molecule has 4 fully saturated rings. The molecule has 2 N–H and O–H groups in total. The zero-order chi connectivity index (χ0) is 21.8. The molecule has 30 heavy (non-hydrogen) atoms. The maximum absolute atomic E-state index is 11.3. The molecule has 0 aromatic carbocycles. The molecule has 0 amide bonds. The Bertz CT molecular complexity index is 601. The summed E-state index contributed by atoms with van der Waals surface area (Å²) in [4.78, 5) is 0. The van der Waals surface area contributed by atoms with E-state index in [2.05, 4.69) is 41.5 Å². The van der Waals surface area contributed by atoms with Crippen LogP contribution >= 0.6 is 0 Å². The van der Waals surface area contributed by atoms with Crippen LogP contribution in [0.4, 0.5) is 0 Å². The fourth-order valence-corrected chi connectivity index (χ4v) is 10.00. The Morgan fingerprint density at radius 3 is 2.23 bits per heavy atom. The van der Waals surface area contributed by atoms with Crippen LogP contribution in [-0.4, -0.2) is 22.4 Å². The van der Waals surface area contributed by atoms with Gasteiger partial charge in [0.15, 0.2) is 0 Å². The van der Waals surface area contributed by atoms with Crippen molar-refractivity contribution >= 4 is 0 Å². The molecule has 0 spiro atoms. The predicted molar refractivity (Wildman–Crippen MR) is 125 cm³/mol. The van der Waals surface area contributed by atoms with Crippen LogP contribution in [0.15, 0.2) is 0 Å². The molecule has 0 bridgehead atoms. The number of fused-ring (bicyclic) bond motifs is 5. The summed E-state index contributed by atoms with van der Waals surface area (Å²) in [6.07, 6.45) is 12.5. The third kappa shape index (κ3) is 3.42. The van der Waals surface area contributed by atoms with Crippen molar-refractivity contribution in [2.24, 2.45) is 58.2 Å². The molecule has 4 aliphatic rings. The maximum atomic E-state index is 11.3. The standard InChI is InChI=1S/C28H50O2/c1-7-19(17(2)3)26(30)18(4)21-11-12-22-20-16-25(29)24-10-8-9-14-27(24,5)23(20)13-15-28(21,22)6/h17-26,29-30H,7-16H2,1-6H3. The number of aliphatic hydroxyl groups is 2. The zero-order valence-corrected chi connectivity index (χ0v) is 20.7. The van der Waals surface area contributed by atoms with E-state index in [4.69, 9.17) is 0 Å². The molecule has 11 unspecified atom stereocenters. The Morgan fingerprint density at radius 2 is 1.57 bits per heavy atom. The van der Waals surface area contributed by atoms with E-state index in [0.29, 0.717) is 46.3 Å². The quantitative estimate of drug-likeness (QED) is 0.522. The number of hydrogen-bond acceptors (Lipinski definition) is 2. The Morgan fingerprint density at radius 1 is 0.867 bits per heavy atom. The normalized spacial score (nSPS) is 49.1. The van der Waals surface area contributed by atoms with Crippen molar-refractivity contribution in [3.63, 3.8) is 0 Å². The highest BCUT2D eigenvalue weighted by atomic mass is 16.3. The van der Waals surface area contributed by atoms with Crippen molar-refractivity contribution in [2.75, 3.05) is 0 Å². The van der Waals surface area contributed by atoms with Gasteiger partial charge in [0.05, 0.1) is 12.2 Å². The van der Waals surface area contributed by atoms with Crippen molar-refractivity contribution in [1.82, 2.24) is 0 Å². The minimum absolute atomic E-state index is 0.0774. The van der Waals surface area contributed by atoms with Gasteiger partial charge in [-0.15, -0.1) is 0 Å². The summed E-state index contributed by atoms with van der Waals surface area (Å²) in [5.74, 6) is 4.82. The van der Waals surface area contributed by atoms with Gasteiger partial charge < -0.3 is 10.2 Å². The first-order chi connectivity index (χ1) is 14.1. The molecule has 0 saturated heterocycles. The summed E-state index contributed by atoms with van der Waals surface area (Å²) in [5.41, 5.74) is 0.727. The van der Waals surface area contributed by atoms with Gasteiger partial charge in [-0.05, 0) is 103 Å². The minimum atomic E-state index is -0.175. The highest BCUT2D eigenvalue weighted by Gasteiger charge is 2.62. The first kappa shape index (κ1) is 23.1. The summed E-state index contributed by atoms with van der Waals surface area (Å²) in [6.45, 7) is 14.3. The van der Waals surface area contributed by atoms with Crippen molar-refractivity contribution in [1.29, 1.82) is 0 Å². The molecular formula is C28H50O2. The molecular weight excluding hydrogens is 368 g/mol. The van der Waals surface area contributed by atoms with E-state index in [1.165, 1.54) is 51.4 Å². The topological polar surface area (TPSA) is 40.5 Å². The molecule has 0 heterocycles. The molecule has 4 saturated carbocycles. The first-order valence-electron chi connectivity index (χ1n) is 13.5. The van der Waals surface area contributed by atoms with E-state index in [9.17, 15) is 10.2 Å². The van der Waals surface area contributed by atoms with Crippen LogP contribution in [0.3, 0.4) is 0 Å². The molecule has 0 aliphatic heterocycles. The van der Waals surface area contributed by atoms with Gasteiger partial charge in [-0.2, -0.15) is 0 Å². The predicted octanol–water partition coefficient (Wildman–Crippen LogP) is 6.69. The van der Waals surface area contributed by atoms with Crippen molar-refractivity contribution < 1.29 is 10.2 Å². The second kappa shape index (κ2) is 8.36. The fourth-order valence-electron chi connectivity index (χ4n) is 10.00. The Labute approximate surface area is 186 Å². The molecule has 0 radical (unpaired) electrons. The van der Waals surface area contributed by atoms with E-state index in [-0.39, 0.29) is 12.2 Å². The minimum Gasteiger partial charge on any atom is -0.393 e. The summed E-state index contributed by atoms with van der Waals surface area (Å²) in [6, 6.07) is 0. The van der Waals surface area contributed by atoms with Gasteiger partial charge in [-0.3, -0.25) is 0 Å². The van der Waals surface area contributed by atoms with Gasteiger partial charge in [0, 0.05) is 0 Å². The first-order valence-corrected chi connectivity index (χ1v) is 13.5. The largest absolute Gasteiger partial charge is 0.393 e. The number of aliphatic hydroxyl groups excluding tert-OH is 2. The molecule has 11 atom stereocenters. The lowest BCUT2D eigenvalue weighted by atomic mass is 9.44. The average Bonchev–Trinajstić information content (AvgIpc) is 3.05. The molecule has 2 heteroatoms. The van der Waals surface area contributed by atoms with Gasteiger partial charge in [0.25, 0.3) is 0 Å². The van der Waals surface area contributed by atoms with Crippen molar-refractivity contribution in [3.05, 3.63) is 0 Å². The Kier molecular flexibility index (Phi) is 6.44. The van der Waals surface area contributed by atoms with Crippen LogP contribution in [-0.2, 0) is 0 Å². The molecule has 4 aliphatic carbocycles. The highest BCUT2D eigenvalue weighted by molar-refractivity contribution is 5.11. The van der Waals surface area contributed by atoms with Crippen LogP contribution in [0.1, 0.15) is 106 Å². The van der Waals surface area contributed by atoms with Crippen molar-refractivity contribution in [2.45, 2.75) is 118 Å². The molecule has 0 aromatic heterocycles. The molecule has 0 aromatic rings. The van der Waals surface area contributed by atoms with E-state index in [1.807, 2.05) is 0 Å². The van der Waals surface area contributed by atoms with E-state index < -0.39 is 0 Å². The summed E-state index contributed by atoms with van der Waals surface area (Å²) in [7, 11) is 0. The smallest absolute Gasteiger partial charge is 0.0599 e. The van der Waals surface area contributed by atoms with Crippen LogP contribution < -0.4 is 0 Å². The SMILES string of the molecule is CCC(C(C)C)C(O)C(C)C1CCC2C3CC(O)C4CCCCC4(C)C3CCC12C. The van der Waals surface area contributed by atoms with Gasteiger partial charge in [0.2, 0.25) is 0 Å². The third-order valence-corrected chi connectivity index (χ3v) is 11.6. The van der Waals surface area contributed by atoms with Gasteiger partial charge >= 0.3 is 0 Å². The van der Waals surface area contributed by atoms with Gasteiger partial charge in [-0.1, -0.05) is 60.8 Å². The Hall–Kier alpha value is -0.0800. The van der Waals surface area contributed by atoms with Gasteiger partial charge in [0.1, 0.15) is 0 Å². The fraction of sp³-hybridized carbons (Fsp3) is 1.00. The molecule has 2 nitrogen and oxygen atoms in total.